The van der Waals surface area contributed by atoms with Gasteiger partial charge in [-0.1, -0.05) is 23.2 Å². The molecule has 120 valence electrons. The van der Waals surface area contributed by atoms with E-state index in [1.807, 2.05) is 0 Å². The Morgan fingerprint density at radius 2 is 1.91 bits per heavy atom. The number of carbonyl (C=O) groups excluding carboxylic acids is 2. The second kappa shape index (κ2) is 8.45. The van der Waals surface area contributed by atoms with Crippen LogP contribution in [0.25, 0.3) is 0 Å². The summed E-state index contributed by atoms with van der Waals surface area (Å²) >= 11 is 11.7. The molecule has 0 aliphatic rings. The van der Waals surface area contributed by atoms with Gasteiger partial charge in [0, 0.05) is 11.4 Å². The Morgan fingerprint density at radius 3 is 2.50 bits per heavy atom. The highest BCUT2D eigenvalue weighted by molar-refractivity contribution is 6.35. The average molecular weight is 349 g/mol. The number of hydrazine groups is 1. The van der Waals surface area contributed by atoms with Gasteiger partial charge < -0.3 is 9.84 Å². The topological polar surface area (TPSA) is 105 Å². The fourth-order valence-corrected chi connectivity index (χ4v) is 1.78. The van der Waals surface area contributed by atoms with Crippen LogP contribution >= 0.6 is 23.2 Å². The van der Waals surface area contributed by atoms with E-state index in [-0.39, 0.29) is 23.6 Å². The Kier molecular flexibility index (Phi) is 6.94. The van der Waals surface area contributed by atoms with Crippen molar-refractivity contribution < 1.29 is 24.2 Å². The summed E-state index contributed by atoms with van der Waals surface area (Å²) in [7, 11) is 0. The lowest BCUT2D eigenvalue weighted by Crippen LogP contribution is -2.47. The molecule has 1 aromatic carbocycles. The molecule has 9 heteroatoms. The number of ether oxygens (including phenoxy) is 1. The molecule has 0 fully saturated rings. The highest BCUT2D eigenvalue weighted by Gasteiger charge is 2.17. The molecule has 0 spiro atoms. The largest absolute Gasteiger partial charge is 0.481 e. The smallest absolute Gasteiger partial charge is 0.303 e. The Hall–Kier alpha value is -1.99. The highest BCUT2D eigenvalue weighted by Crippen LogP contribution is 2.28. The van der Waals surface area contributed by atoms with Gasteiger partial charge in [0.2, 0.25) is 5.91 Å². The van der Waals surface area contributed by atoms with Crippen molar-refractivity contribution in [2.24, 2.45) is 0 Å². The molecule has 1 rings (SSSR count). The fourth-order valence-electron chi connectivity index (χ4n) is 1.33. The summed E-state index contributed by atoms with van der Waals surface area (Å²) in [6.45, 7) is 1.46. The monoisotopic (exact) mass is 348 g/mol. The van der Waals surface area contributed by atoms with Crippen LogP contribution in [0.15, 0.2) is 18.2 Å². The van der Waals surface area contributed by atoms with Crippen LogP contribution in [0.2, 0.25) is 10.0 Å². The second-order valence-electron chi connectivity index (χ2n) is 4.27. The van der Waals surface area contributed by atoms with Crippen molar-refractivity contribution in [3.63, 3.8) is 0 Å². The Labute approximate surface area is 136 Å². The van der Waals surface area contributed by atoms with E-state index in [2.05, 4.69) is 10.9 Å². The summed E-state index contributed by atoms with van der Waals surface area (Å²) in [5, 5.41) is 9.11. The zero-order chi connectivity index (χ0) is 16.7. The number of aliphatic carboxylic acids is 1. The van der Waals surface area contributed by atoms with Crippen LogP contribution in [0.3, 0.4) is 0 Å². The van der Waals surface area contributed by atoms with Gasteiger partial charge in [-0.05, 0) is 25.1 Å². The number of hydrogen-bond acceptors (Lipinski definition) is 4. The molecule has 7 nitrogen and oxygen atoms in total. The van der Waals surface area contributed by atoms with Gasteiger partial charge in [0.15, 0.2) is 6.10 Å². The maximum Gasteiger partial charge on any atom is 0.303 e. The summed E-state index contributed by atoms with van der Waals surface area (Å²) in [5.41, 5.74) is 4.22. The Bertz CT molecular complexity index is 580. The minimum atomic E-state index is -1.10. The van der Waals surface area contributed by atoms with E-state index in [9.17, 15) is 14.4 Å². The number of carboxylic acids is 1. The first kappa shape index (κ1) is 18.1. The molecule has 0 saturated carbocycles. The van der Waals surface area contributed by atoms with Crippen LogP contribution in [-0.2, 0) is 14.4 Å². The van der Waals surface area contributed by atoms with E-state index in [1.165, 1.54) is 19.1 Å². The zero-order valence-electron chi connectivity index (χ0n) is 11.6. The van der Waals surface area contributed by atoms with Crippen LogP contribution in [0.1, 0.15) is 19.8 Å². The summed E-state index contributed by atoms with van der Waals surface area (Å²) in [6.07, 6.45) is -1.50. The molecule has 1 aromatic rings. The third kappa shape index (κ3) is 6.19. The predicted octanol–water partition coefficient (Wildman–Crippen LogP) is 1.77. The first-order valence-corrected chi connectivity index (χ1v) is 6.97. The summed E-state index contributed by atoms with van der Waals surface area (Å²) in [6, 6.07) is 4.54. The van der Waals surface area contributed by atoms with Crippen molar-refractivity contribution in [3.05, 3.63) is 28.2 Å². The van der Waals surface area contributed by atoms with E-state index < -0.39 is 23.9 Å². The number of amides is 2. The third-order valence-electron chi connectivity index (χ3n) is 2.46. The molecule has 0 bridgehead atoms. The zero-order valence-corrected chi connectivity index (χ0v) is 13.1. The van der Waals surface area contributed by atoms with E-state index >= 15 is 0 Å². The minimum absolute atomic E-state index is 0.242. The van der Waals surface area contributed by atoms with Crippen molar-refractivity contribution in [2.45, 2.75) is 25.9 Å². The molecule has 0 aliphatic heterocycles. The van der Waals surface area contributed by atoms with Crippen molar-refractivity contribution in [3.8, 4) is 5.75 Å². The number of halogens is 2. The lowest BCUT2D eigenvalue weighted by molar-refractivity contribution is -0.139. The highest BCUT2D eigenvalue weighted by atomic mass is 35.5. The molecular weight excluding hydrogens is 335 g/mol. The van der Waals surface area contributed by atoms with E-state index in [1.54, 1.807) is 6.07 Å². The molecule has 2 amide bonds. The fraction of sp³-hybridized carbons (Fsp3) is 0.308. The molecule has 22 heavy (non-hydrogen) atoms. The summed E-state index contributed by atoms with van der Waals surface area (Å²) in [5.74, 6) is -2.07. The lowest BCUT2D eigenvalue weighted by atomic mass is 10.3. The summed E-state index contributed by atoms with van der Waals surface area (Å²) < 4.78 is 5.34. The number of carbonyl (C=O) groups is 3. The maximum absolute atomic E-state index is 11.7. The van der Waals surface area contributed by atoms with Gasteiger partial charge in [0.1, 0.15) is 5.75 Å². The van der Waals surface area contributed by atoms with Gasteiger partial charge in [0.05, 0.1) is 11.4 Å². The molecule has 1 unspecified atom stereocenters. The number of nitrogens with one attached hydrogen (secondary N) is 2. The van der Waals surface area contributed by atoms with Crippen molar-refractivity contribution in [1.29, 1.82) is 0 Å². The standard InChI is InChI=1S/C13H14Cl2N2O5/c1-7(22-10-3-2-8(14)6-9(10)15)13(21)17-16-11(18)4-5-12(19)20/h2-3,6-7H,4-5H2,1H3,(H,16,18)(H,17,21)(H,19,20). The molecular formula is C13H14Cl2N2O5. The number of benzene rings is 1. The predicted molar refractivity (Wildman–Crippen MR) is 79.7 cm³/mol. The van der Waals surface area contributed by atoms with Crippen LogP contribution < -0.4 is 15.6 Å². The van der Waals surface area contributed by atoms with E-state index in [4.69, 9.17) is 33.0 Å². The van der Waals surface area contributed by atoms with Crippen LogP contribution in [0, 0.1) is 0 Å². The van der Waals surface area contributed by atoms with Crippen molar-refractivity contribution >= 4 is 41.0 Å². The normalized spacial score (nSPS) is 11.4. The van der Waals surface area contributed by atoms with Gasteiger partial charge in [-0.25, -0.2) is 0 Å². The Morgan fingerprint density at radius 1 is 1.23 bits per heavy atom. The van der Waals surface area contributed by atoms with Crippen LogP contribution in [0.4, 0.5) is 0 Å². The molecule has 0 aliphatic carbocycles. The number of rotatable bonds is 6. The molecule has 0 heterocycles. The van der Waals surface area contributed by atoms with Crippen molar-refractivity contribution in [2.75, 3.05) is 0 Å². The van der Waals surface area contributed by atoms with Gasteiger partial charge in [0.25, 0.3) is 5.91 Å². The van der Waals surface area contributed by atoms with Gasteiger partial charge in [-0.3, -0.25) is 25.2 Å². The number of carboxylic acid groups (broad SMARTS) is 1. The van der Waals surface area contributed by atoms with E-state index in [0.29, 0.717) is 5.02 Å². The minimum Gasteiger partial charge on any atom is -0.481 e. The quantitative estimate of drug-likeness (QED) is 0.679. The second-order valence-corrected chi connectivity index (χ2v) is 5.11. The molecule has 0 saturated heterocycles. The lowest BCUT2D eigenvalue weighted by Gasteiger charge is -2.16. The Balaban J connectivity index is 2.45. The van der Waals surface area contributed by atoms with Gasteiger partial charge >= 0.3 is 5.97 Å². The molecule has 1 atom stereocenters. The SMILES string of the molecule is CC(Oc1ccc(Cl)cc1Cl)C(=O)NNC(=O)CCC(=O)O. The maximum atomic E-state index is 11.7. The molecule has 0 aromatic heterocycles. The third-order valence-corrected chi connectivity index (χ3v) is 2.99. The molecule has 0 radical (unpaired) electrons. The van der Waals surface area contributed by atoms with Gasteiger partial charge in [-0.2, -0.15) is 0 Å². The average Bonchev–Trinajstić information content (AvgIpc) is 2.45. The summed E-state index contributed by atoms with van der Waals surface area (Å²) in [4.78, 5) is 33.3. The van der Waals surface area contributed by atoms with Gasteiger partial charge in [-0.15, -0.1) is 0 Å². The van der Waals surface area contributed by atoms with Crippen molar-refractivity contribution in [1.82, 2.24) is 10.9 Å². The molecule has 3 N–H and O–H groups in total. The van der Waals surface area contributed by atoms with E-state index in [0.717, 1.165) is 0 Å². The number of hydrogen-bond donors (Lipinski definition) is 3. The first-order valence-electron chi connectivity index (χ1n) is 6.21. The first-order chi connectivity index (χ1) is 10.3. The van der Waals surface area contributed by atoms with Crippen LogP contribution in [-0.4, -0.2) is 29.0 Å². The van der Waals surface area contributed by atoms with Crippen LogP contribution in [0.5, 0.6) is 5.75 Å².